The maximum Gasteiger partial charge on any atom is 0.0890 e. The summed E-state index contributed by atoms with van der Waals surface area (Å²) in [5, 5.41) is 0. The number of nitrogens with zero attached hydrogens (tertiary/aromatic N) is 1. The van der Waals surface area contributed by atoms with Gasteiger partial charge in [0.1, 0.15) is 0 Å². The van der Waals surface area contributed by atoms with Crippen molar-refractivity contribution in [1.82, 2.24) is 0 Å². The lowest BCUT2D eigenvalue weighted by Crippen LogP contribution is -2.57. The smallest absolute Gasteiger partial charge is 0.0890 e. The first kappa shape index (κ1) is 31.9. The minimum absolute atomic E-state index is 0. The van der Waals surface area contributed by atoms with Crippen LogP contribution in [0.4, 0.5) is 0 Å². The number of hydrogen-bond acceptors (Lipinski definition) is 1. The average molecular weight is 454 g/mol. The Labute approximate surface area is 204 Å². The predicted molar refractivity (Wildman–Crippen MR) is 144 cm³/mol. The Morgan fingerprint density at radius 3 is 1.28 bits per heavy atom. The van der Waals surface area contributed by atoms with Crippen LogP contribution >= 0.6 is 0 Å². The number of hydrogen-bond donors (Lipinski definition) is 0. The first-order valence-electron chi connectivity index (χ1n) is 15.1. The molecule has 1 aliphatic rings. The zero-order chi connectivity index (χ0) is 22.5. The lowest BCUT2D eigenvalue weighted by atomic mass is 9.91. The van der Waals surface area contributed by atoms with Crippen molar-refractivity contribution in [3.8, 4) is 0 Å². The molecule has 0 bridgehead atoms. The highest BCUT2D eigenvalue weighted by atomic mass is 16.0. The molecule has 1 saturated carbocycles. The molecule has 1 aliphatic carbocycles. The summed E-state index contributed by atoms with van der Waals surface area (Å²) in [5.74, 6) is 0. The van der Waals surface area contributed by atoms with E-state index >= 15 is 0 Å². The molecular formula is C30H63NO. The highest BCUT2D eigenvalue weighted by Crippen LogP contribution is 2.30. The summed E-state index contributed by atoms with van der Waals surface area (Å²) in [5.41, 5.74) is 0. The van der Waals surface area contributed by atoms with Crippen molar-refractivity contribution in [3.05, 3.63) is 0 Å². The molecule has 0 spiro atoms. The molecule has 0 aliphatic heterocycles. The fraction of sp³-hybridized carbons (Fsp3) is 1.00. The van der Waals surface area contributed by atoms with E-state index in [0.717, 1.165) is 6.04 Å². The Morgan fingerprint density at radius 1 is 0.438 bits per heavy atom. The third kappa shape index (κ3) is 14.9. The van der Waals surface area contributed by atoms with Gasteiger partial charge in [0, 0.05) is 0 Å². The first-order chi connectivity index (χ1) is 15.3. The highest BCUT2D eigenvalue weighted by Gasteiger charge is 2.35. The van der Waals surface area contributed by atoms with Gasteiger partial charge in [-0.2, -0.15) is 0 Å². The fourth-order valence-electron chi connectivity index (χ4n) is 6.23. The minimum Gasteiger partial charge on any atom is -0.870 e. The van der Waals surface area contributed by atoms with E-state index in [-0.39, 0.29) is 5.48 Å². The van der Waals surface area contributed by atoms with Crippen LogP contribution < -0.4 is 0 Å². The quantitative estimate of drug-likeness (QED) is 0.118. The third-order valence-electron chi connectivity index (χ3n) is 8.18. The van der Waals surface area contributed by atoms with Gasteiger partial charge in [-0.3, -0.25) is 0 Å². The zero-order valence-electron chi connectivity index (χ0n) is 22.9. The molecule has 1 atom stereocenters. The molecule has 2 nitrogen and oxygen atoms in total. The van der Waals surface area contributed by atoms with Gasteiger partial charge in [-0.1, -0.05) is 117 Å². The SMILES string of the molecule is CCCCCCCCCCCCCCCCC[N+](CCC)(CCCC)C1CCCCC1.[OH-]. The van der Waals surface area contributed by atoms with Crippen LogP contribution in [0.2, 0.25) is 0 Å². The van der Waals surface area contributed by atoms with Crippen LogP contribution in [0, 0.1) is 0 Å². The molecule has 1 N–H and O–H groups in total. The fourth-order valence-corrected chi connectivity index (χ4v) is 6.23. The molecule has 1 unspecified atom stereocenters. The van der Waals surface area contributed by atoms with Gasteiger partial charge in [0.25, 0.3) is 0 Å². The monoisotopic (exact) mass is 453 g/mol. The van der Waals surface area contributed by atoms with Crippen molar-refractivity contribution >= 4 is 0 Å². The maximum atomic E-state index is 2.42. The van der Waals surface area contributed by atoms with Crippen LogP contribution in [-0.2, 0) is 0 Å². The molecule has 2 heteroatoms. The Morgan fingerprint density at radius 2 is 0.844 bits per heavy atom. The number of rotatable bonds is 22. The summed E-state index contributed by atoms with van der Waals surface area (Å²) in [6.07, 6.45) is 33.8. The molecule has 0 amide bonds. The van der Waals surface area contributed by atoms with Gasteiger partial charge in [-0.05, 0) is 51.4 Å². The molecule has 0 heterocycles. The summed E-state index contributed by atoms with van der Waals surface area (Å²) in [6, 6.07) is 0.992. The van der Waals surface area contributed by atoms with Gasteiger partial charge in [0.2, 0.25) is 0 Å². The first-order valence-corrected chi connectivity index (χ1v) is 15.1. The molecule has 0 aromatic rings. The van der Waals surface area contributed by atoms with Crippen molar-refractivity contribution in [3.63, 3.8) is 0 Å². The molecule has 32 heavy (non-hydrogen) atoms. The van der Waals surface area contributed by atoms with E-state index < -0.39 is 0 Å². The van der Waals surface area contributed by atoms with Gasteiger partial charge in [-0.15, -0.1) is 0 Å². The predicted octanol–water partition coefficient (Wildman–Crippen LogP) is 10.0. The van der Waals surface area contributed by atoms with Crippen LogP contribution in [0.25, 0.3) is 0 Å². The Bertz CT molecular complexity index is 366. The Balaban J connectivity index is 0.00000961. The van der Waals surface area contributed by atoms with Crippen molar-refractivity contribution in [1.29, 1.82) is 0 Å². The summed E-state index contributed by atoms with van der Waals surface area (Å²) >= 11 is 0. The van der Waals surface area contributed by atoms with Crippen molar-refractivity contribution < 1.29 is 9.96 Å². The van der Waals surface area contributed by atoms with E-state index in [9.17, 15) is 0 Å². The number of quaternary nitrogens is 1. The van der Waals surface area contributed by atoms with E-state index in [1.165, 1.54) is 172 Å². The summed E-state index contributed by atoms with van der Waals surface area (Å²) in [6.45, 7) is 11.5. The van der Waals surface area contributed by atoms with E-state index in [1.54, 1.807) is 0 Å². The zero-order valence-corrected chi connectivity index (χ0v) is 22.9. The summed E-state index contributed by atoms with van der Waals surface area (Å²) in [7, 11) is 0. The molecular weight excluding hydrogens is 390 g/mol. The van der Waals surface area contributed by atoms with Crippen LogP contribution in [0.3, 0.4) is 0 Å². The van der Waals surface area contributed by atoms with Crippen molar-refractivity contribution in [2.24, 2.45) is 0 Å². The van der Waals surface area contributed by atoms with Gasteiger partial charge in [-0.25, -0.2) is 0 Å². The molecule has 1 rings (SSSR count). The van der Waals surface area contributed by atoms with E-state index in [1.807, 2.05) is 0 Å². The van der Waals surface area contributed by atoms with Gasteiger partial charge >= 0.3 is 0 Å². The average Bonchev–Trinajstić information content (AvgIpc) is 2.80. The molecule has 194 valence electrons. The lowest BCUT2D eigenvalue weighted by Gasteiger charge is -2.47. The standard InChI is InChI=1S/C30H62N.H2O/c1-4-7-9-10-11-12-13-14-15-16-17-18-19-20-24-29-31(27-6-3,28-8-5-2)30-25-22-21-23-26-30;/h30H,4-29H2,1-3H3;1H2/q+1;/p-1. The lowest BCUT2D eigenvalue weighted by molar-refractivity contribution is -0.953. The Kier molecular flexibility index (Phi) is 22.6. The molecule has 0 saturated heterocycles. The van der Waals surface area contributed by atoms with Gasteiger partial charge in [0.15, 0.2) is 0 Å². The van der Waals surface area contributed by atoms with Crippen LogP contribution in [0.15, 0.2) is 0 Å². The van der Waals surface area contributed by atoms with Crippen LogP contribution in [0.1, 0.15) is 168 Å². The largest absolute Gasteiger partial charge is 0.870 e. The molecule has 0 radical (unpaired) electrons. The van der Waals surface area contributed by atoms with Crippen LogP contribution in [-0.4, -0.2) is 35.6 Å². The molecule has 0 aromatic heterocycles. The molecule has 0 aromatic carbocycles. The van der Waals surface area contributed by atoms with E-state index in [4.69, 9.17) is 0 Å². The maximum absolute atomic E-state index is 2.42. The summed E-state index contributed by atoms with van der Waals surface area (Å²) < 4.78 is 1.49. The number of unbranched alkanes of at least 4 members (excludes halogenated alkanes) is 15. The second-order valence-electron chi connectivity index (χ2n) is 11.0. The van der Waals surface area contributed by atoms with Crippen LogP contribution in [0.5, 0.6) is 0 Å². The third-order valence-corrected chi connectivity index (χ3v) is 8.18. The van der Waals surface area contributed by atoms with Crippen molar-refractivity contribution in [2.75, 3.05) is 19.6 Å². The van der Waals surface area contributed by atoms with Gasteiger partial charge < -0.3 is 9.96 Å². The van der Waals surface area contributed by atoms with Gasteiger partial charge in [0.05, 0.1) is 25.7 Å². The Hall–Kier alpha value is -0.0800. The summed E-state index contributed by atoms with van der Waals surface area (Å²) in [4.78, 5) is 0. The topological polar surface area (TPSA) is 30.0 Å². The highest BCUT2D eigenvalue weighted by molar-refractivity contribution is 4.68. The second-order valence-corrected chi connectivity index (χ2v) is 11.0. The van der Waals surface area contributed by atoms with E-state index in [0.29, 0.717) is 0 Å². The van der Waals surface area contributed by atoms with Crippen molar-refractivity contribution in [2.45, 2.75) is 174 Å². The second kappa shape index (κ2) is 22.7. The molecule has 1 fully saturated rings. The normalized spacial score (nSPS) is 16.6. The minimum atomic E-state index is 0. The van der Waals surface area contributed by atoms with E-state index in [2.05, 4.69) is 20.8 Å².